The van der Waals surface area contributed by atoms with E-state index < -0.39 is 11.9 Å². The molecule has 9 heavy (non-hydrogen) atoms. The molecule has 0 radical (unpaired) electrons. The number of carbonyl (C=O) groups is 2. The van der Waals surface area contributed by atoms with Crippen molar-refractivity contribution < 1.29 is 19.8 Å². The molecule has 2 N–H and O–H groups in total. The van der Waals surface area contributed by atoms with Gasteiger partial charge in [-0.1, -0.05) is 0 Å². The average molecular weight is 250 g/mol. The van der Waals surface area contributed by atoms with Crippen molar-refractivity contribution in [2.45, 2.75) is 0 Å². The van der Waals surface area contributed by atoms with Gasteiger partial charge in [-0.25, -0.2) is 9.59 Å². The van der Waals surface area contributed by atoms with Gasteiger partial charge in [0, 0.05) is 12.2 Å². The van der Waals surface area contributed by atoms with Gasteiger partial charge in [0.25, 0.3) is 0 Å². The molecule has 0 amide bonds. The predicted octanol–water partition coefficient (Wildman–Crippen LogP) is -0.937. The molecule has 5 heteroatoms. The molecule has 0 fully saturated rings. The van der Waals surface area contributed by atoms with Gasteiger partial charge in [-0.15, -0.1) is 0 Å². The number of carboxylic acids is 2. The first-order chi connectivity index (χ1) is 3.63. The third kappa shape index (κ3) is 12.0. The number of hydrogen-bond donors (Lipinski definition) is 2. The van der Waals surface area contributed by atoms with Gasteiger partial charge < -0.3 is 10.2 Å². The third-order valence-electron chi connectivity index (χ3n) is 0.368. The van der Waals surface area contributed by atoms with Crippen molar-refractivity contribution in [3.63, 3.8) is 0 Å². The van der Waals surface area contributed by atoms with Crippen LogP contribution >= 0.6 is 0 Å². The van der Waals surface area contributed by atoms with Gasteiger partial charge in [0.15, 0.2) is 0 Å². The summed E-state index contributed by atoms with van der Waals surface area (Å²) in [6.45, 7) is 0. The SMILES string of the molecule is O=C(O)C=CC(=O)O.[CsH]. The molecule has 0 heterocycles. The van der Waals surface area contributed by atoms with Crippen LogP contribution in [-0.2, 0) is 9.59 Å². The Morgan fingerprint density at radius 2 is 1.22 bits per heavy atom. The van der Waals surface area contributed by atoms with Crippen LogP contribution in [0.15, 0.2) is 12.2 Å². The minimum absolute atomic E-state index is 0. The predicted molar refractivity (Wildman–Crippen MR) is 31.6 cm³/mol. The second-order valence-electron chi connectivity index (χ2n) is 1.01. The number of carboxylic acid groups (broad SMARTS) is 2. The first kappa shape index (κ1) is 12.4. The summed E-state index contributed by atoms with van der Waals surface area (Å²) in [6, 6.07) is 0. The van der Waals surface area contributed by atoms with Crippen molar-refractivity contribution in [3.05, 3.63) is 12.2 Å². The molecule has 4 nitrogen and oxygen atoms in total. The van der Waals surface area contributed by atoms with Crippen LogP contribution in [0.2, 0.25) is 0 Å². The summed E-state index contributed by atoms with van der Waals surface area (Å²) in [7, 11) is 0. The van der Waals surface area contributed by atoms with E-state index in [1.165, 1.54) is 0 Å². The summed E-state index contributed by atoms with van der Waals surface area (Å²) in [5.74, 6) is -2.51. The quantitative estimate of drug-likeness (QED) is 0.620. The summed E-state index contributed by atoms with van der Waals surface area (Å²) >= 11 is 0. The normalized spacial score (nSPS) is 8.44. The van der Waals surface area contributed by atoms with Gasteiger partial charge in [0.1, 0.15) is 0 Å². The average Bonchev–Trinajstić information content (AvgIpc) is 1.61. The first-order valence-electron chi connectivity index (χ1n) is 1.77. The molecule has 0 unspecified atom stereocenters. The molecule has 0 aliphatic heterocycles. The molecular formula is C4H5CsO4. The molecule has 0 spiro atoms. The van der Waals surface area contributed by atoms with Crippen molar-refractivity contribution in [1.82, 2.24) is 0 Å². The molecule has 0 aliphatic carbocycles. The van der Waals surface area contributed by atoms with E-state index in [1.54, 1.807) is 0 Å². The van der Waals surface area contributed by atoms with E-state index in [0.717, 1.165) is 0 Å². The molecular weight excluding hydrogens is 245 g/mol. The van der Waals surface area contributed by atoms with Crippen molar-refractivity contribution in [2.75, 3.05) is 0 Å². The standard InChI is InChI=1S/C4H4O4.Cs.H/c5-3(6)1-2-4(7)8;;/h1-2H,(H,5,6)(H,7,8);;. The van der Waals surface area contributed by atoms with Crippen LogP contribution in [-0.4, -0.2) is 91.0 Å². The van der Waals surface area contributed by atoms with Crippen LogP contribution < -0.4 is 0 Å². The fourth-order valence-electron chi connectivity index (χ4n) is 0.143. The Kier molecular flexibility index (Phi) is 9.44. The van der Waals surface area contributed by atoms with E-state index in [1.807, 2.05) is 0 Å². The third-order valence-corrected chi connectivity index (χ3v) is 0.368. The van der Waals surface area contributed by atoms with Crippen LogP contribution in [0, 0.1) is 0 Å². The molecule has 46 valence electrons. The monoisotopic (exact) mass is 250 g/mol. The van der Waals surface area contributed by atoms with Crippen molar-refractivity contribution in [3.8, 4) is 0 Å². The number of rotatable bonds is 2. The second kappa shape index (κ2) is 6.85. The zero-order valence-corrected chi connectivity index (χ0v) is 3.87. The van der Waals surface area contributed by atoms with E-state index in [2.05, 4.69) is 0 Å². The van der Waals surface area contributed by atoms with Gasteiger partial charge in [-0.3, -0.25) is 0 Å². The molecule has 0 rings (SSSR count). The maximum atomic E-state index is 9.55. The van der Waals surface area contributed by atoms with Crippen LogP contribution in [0.5, 0.6) is 0 Å². The van der Waals surface area contributed by atoms with Crippen molar-refractivity contribution in [1.29, 1.82) is 0 Å². The summed E-state index contributed by atoms with van der Waals surface area (Å²) in [6.07, 6.45) is 1.12. The Hall–Kier alpha value is 0.732. The molecule has 0 bridgehead atoms. The van der Waals surface area contributed by atoms with Crippen LogP contribution in [0.25, 0.3) is 0 Å². The second-order valence-corrected chi connectivity index (χ2v) is 1.01. The molecule has 0 saturated heterocycles. The summed E-state index contributed by atoms with van der Waals surface area (Å²) in [4.78, 5) is 19.1. The van der Waals surface area contributed by atoms with E-state index in [-0.39, 0.29) is 68.9 Å². The van der Waals surface area contributed by atoms with Gasteiger partial charge in [-0.05, 0) is 0 Å². The zero-order valence-electron chi connectivity index (χ0n) is 3.87. The Morgan fingerprint density at radius 3 is 1.33 bits per heavy atom. The first-order valence-corrected chi connectivity index (χ1v) is 1.77. The van der Waals surface area contributed by atoms with Crippen LogP contribution in [0.4, 0.5) is 0 Å². The number of aliphatic carboxylic acids is 2. The van der Waals surface area contributed by atoms with Crippen LogP contribution in [0.3, 0.4) is 0 Å². The molecule has 0 aromatic carbocycles. The van der Waals surface area contributed by atoms with E-state index >= 15 is 0 Å². The molecule has 0 aromatic rings. The Morgan fingerprint density at radius 1 is 1.00 bits per heavy atom. The number of hydrogen-bond acceptors (Lipinski definition) is 2. The van der Waals surface area contributed by atoms with Crippen molar-refractivity contribution in [2.24, 2.45) is 0 Å². The van der Waals surface area contributed by atoms with Gasteiger partial charge >= 0.3 is 80.8 Å². The Bertz CT molecular complexity index is 124. The zero-order chi connectivity index (χ0) is 6.57. The fourth-order valence-corrected chi connectivity index (χ4v) is 0.143. The topological polar surface area (TPSA) is 74.6 Å². The summed E-state index contributed by atoms with van der Waals surface area (Å²) in [5, 5.41) is 15.6. The van der Waals surface area contributed by atoms with E-state index in [0.29, 0.717) is 12.2 Å². The van der Waals surface area contributed by atoms with E-state index in [4.69, 9.17) is 10.2 Å². The fraction of sp³-hybridized carbons (Fsp3) is 0. The molecule has 0 aliphatic rings. The van der Waals surface area contributed by atoms with Gasteiger partial charge in [0.05, 0.1) is 0 Å². The van der Waals surface area contributed by atoms with Gasteiger partial charge in [0.2, 0.25) is 0 Å². The Balaban J connectivity index is 0. The van der Waals surface area contributed by atoms with Crippen LogP contribution in [0.1, 0.15) is 0 Å². The van der Waals surface area contributed by atoms with Crippen molar-refractivity contribution >= 4 is 80.8 Å². The Labute approximate surface area is 110 Å². The summed E-state index contributed by atoms with van der Waals surface area (Å²) in [5.41, 5.74) is 0. The maximum absolute atomic E-state index is 9.55. The van der Waals surface area contributed by atoms with E-state index in [9.17, 15) is 9.59 Å². The molecule has 0 saturated carbocycles. The molecule has 0 aromatic heterocycles. The minimum atomic E-state index is -1.26. The van der Waals surface area contributed by atoms with Gasteiger partial charge in [-0.2, -0.15) is 0 Å². The molecule has 0 atom stereocenters. The summed E-state index contributed by atoms with van der Waals surface area (Å²) < 4.78 is 0.